The standard InChI is InChI=1S/C11H6F2I2O/c12-10(13)5-7-6-16-9-4-2-1-3-8(9)11(7,14)15/h1-6H. The van der Waals surface area contributed by atoms with Gasteiger partial charge in [0.1, 0.15) is 7.18 Å². The van der Waals surface area contributed by atoms with E-state index in [0.29, 0.717) is 11.3 Å². The van der Waals surface area contributed by atoms with Crippen molar-refractivity contribution in [1.29, 1.82) is 0 Å². The number of hydrogen-bond acceptors (Lipinski definition) is 1. The zero-order valence-corrected chi connectivity index (χ0v) is 12.2. The van der Waals surface area contributed by atoms with Gasteiger partial charge in [0.15, 0.2) is 0 Å². The molecule has 0 spiro atoms. The molecule has 16 heavy (non-hydrogen) atoms. The van der Waals surface area contributed by atoms with Crippen LogP contribution < -0.4 is 4.74 Å². The summed E-state index contributed by atoms with van der Waals surface area (Å²) < 4.78 is 29.4. The monoisotopic (exact) mass is 446 g/mol. The summed E-state index contributed by atoms with van der Waals surface area (Å²) in [6.45, 7) is 0. The second-order valence-corrected chi connectivity index (χ2v) is 8.50. The Morgan fingerprint density at radius 3 is 2.62 bits per heavy atom. The van der Waals surface area contributed by atoms with Crippen LogP contribution in [0.2, 0.25) is 0 Å². The fourth-order valence-electron chi connectivity index (χ4n) is 1.43. The molecule has 5 heteroatoms. The van der Waals surface area contributed by atoms with E-state index in [0.717, 1.165) is 11.6 Å². The summed E-state index contributed by atoms with van der Waals surface area (Å²) in [6.07, 6.45) is 0.502. The first-order valence-corrected chi connectivity index (χ1v) is 6.55. The molecule has 1 aliphatic rings. The van der Waals surface area contributed by atoms with Crippen molar-refractivity contribution in [1.82, 2.24) is 0 Å². The Kier molecular flexibility index (Phi) is 3.53. The lowest BCUT2D eigenvalue weighted by Crippen LogP contribution is -2.17. The normalized spacial score (nSPS) is 16.9. The number of ether oxygens (including phenoxy) is 1. The molecule has 1 heterocycles. The number of hydrogen-bond donors (Lipinski definition) is 0. The van der Waals surface area contributed by atoms with Crippen molar-refractivity contribution in [3.8, 4) is 5.75 Å². The lowest BCUT2D eigenvalue weighted by Gasteiger charge is -2.28. The molecule has 1 aromatic rings. The summed E-state index contributed by atoms with van der Waals surface area (Å²) in [5.74, 6) is 0.711. The number of para-hydroxylation sites is 1. The molecular weight excluding hydrogens is 440 g/mol. The lowest BCUT2D eigenvalue weighted by atomic mass is 10.0. The van der Waals surface area contributed by atoms with Crippen LogP contribution in [0.25, 0.3) is 0 Å². The zero-order chi connectivity index (χ0) is 11.8. The van der Waals surface area contributed by atoms with E-state index in [2.05, 4.69) is 45.2 Å². The van der Waals surface area contributed by atoms with E-state index in [1.807, 2.05) is 24.3 Å². The largest absolute Gasteiger partial charge is 0.464 e. The third-order valence-corrected chi connectivity index (χ3v) is 4.57. The van der Waals surface area contributed by atoms with Crippen molar-refractivity contribution in [2.45, 2.75) is 1.43 Å². The molecule has 0 bridgehead atoms. The van der Waals surface area contributed by atoms with E-state index in [1.54, 1.807) is 0 Å². The quantitative estimate of drug-likeness (QED) is 0.447. The van der Waals surface area contributed by atoms with Gasteiger partial charge in [-0.05, 0) is 6.07 Å². The van der Waals surface area contributed by atoms with E-state index in [9.17, 15) is 8.78 Å². The number of halogens is 4. The highest BCUT2D eigenvalue weighted by molar-refractivity contribution is 14.2. The van der Waals surface area contributed by atoms with Crippen LogP contribution in [0.3, 0.4) is 0 Å². The molecule has 0 saturated carbocycles. The Morgan fingerprint density at radius 2 is 1.94 bits per heavy atom. The van der Waals surface area contributed by atoms with Crippen LogP contribution in [0.4, 0.5) is 8.78 Å². The van der Waals surface area contributed by atoms with Gasteiger partial charge < -0.3 is 4.74 Å². The maximum absolute atomic E-state index is 12.3. The summed E-state index contributed by atoms with van der Waals surface area (Å²) >= 11 is 4.28. The van der Waals surface area contributed by atoms with Crippen LogP contribution in [0.1, 0.15) is 5.56 Å². The smallest absolute Gasteiger partial charge is 0.270 e. The minimum absolute atomic E-state index is 0.451. The molecule has 0 amide bonds. The van der Waals surface area contributed by atoms with Crippen LogP contribution in [0, 0.1) is 0 Å². The first-order chi connectivity index (χ1) is 7.51. The van der Waals surface area contributed by atoms with Crippen molar-refractivity contribution >= 4 is 45.2 Å². The van der Waals surface area contributed by atoms with E-state index in [-0.39, 0.29) is 0 Å². The molecule has 1 nitrogen and oxygen atoms in total. The Bertz CT molecular complexity index is 477. The van der Waals surface area contributed by atoms with Gasteiger partial charge in [0.2, 0.25) is 0 Å². The number of fused-ring (bicyclic) bond motifs is 1. The van der Waals surface area contributed by atoms with Gasteiger partial charge in [-0.15, -0.1) is 0 Å². The lowest BCUT2D eigenvalue weighted by molar-refractivity contribution is 0.417. The molecule has 84 valence electrons. The van der Waals surface area contributed by atoms with Gasteiger partial charge in [-0.1, -0.05) is 63.4 Å². The average molecular weight is 446 g/mol. The number of allylic oxidation sites excluding steroid dienone is 2. The van der Waals surface area contributed by atoms with Crippen molar-refractivity contribution in [2.24, 2.45) is 0 Å². The molecule has 0 atom stereocenters. The van der Waals surface area contributed by atoms with Gasteiger partial charge >= 0.3 is 0 Å². The van der Waals surface area contributed by atoms with Crippen LogP contribution in [-0.4, -0.2) is 0 Å². The van der Waals surface area contributed by atoms with Crippen LogP contribution in [0.15, 0.2) is 48.3 Å². The fraction of sp³-hybridized carbons (Fsp3) is 0.0909. The Labute approximate surface area is 119 Å². The van der Waals surface area contributed by atoms with Crippen molar-refractivity contribution in [2.75, 3.05) is 0 Å². The second kappa shape index (κ2) is 4.59. The molecule has 0 unspecified atom stereocenters. The van der Waals surface area contributed by atoms with Crippen LogP contribution in [-0.2, 0) is 1.43 Å². The highest BCUT2D eigenvalue weighted by Crippen LogP contribution is 2.52. The molecule has 0 saturated heterocycles. The summed E-state index contributed by atoms with van der Waals surface area (Å²) in [4.78, 5) is 0. The van der Waals surface area contributed by atoms with Crippen LogP contribution in [0.5, 0.6) is 5.75 Å². The van der Waals surface area contributed by atoms with Gasteiger partial charge in [0, 0.05) is 17.2 Å². The molecular formula is C11H6F2I2O. The topological polar surface area (TPSA) is 9.23 Å². The maximum Gasteiger partial charge on any atom is 0.270 e. The summed E-state index contributed by atoms with van der Waals surface area (Å²) in [5, 5.41) is 0. The Balaban J connectivity index is 2.50. The minimum atomic E-state index is -1.72. The molecule has 1 aliphatic heterocycles. The molecule has 0 aromatic heterocycles. The Hall–Kier alpha value is -0.180. The highest BCUT2D eigenvalue weighted by atomic mass is 127. The average Bonchev–Trinajstić information content (AvgIpc) is 2.22. The summed E-state index contributed by atoms with van der Waals surface area (Å²) in [7, 11) is 0. The van der Waals surface area contributed by atoms with E-state index in [4.69, 9.17) is 4.74 Å². The van der Waals surface area contributed by atoms with Gasteiger partial charge in [-0.3, -0.25) is 0 Å². The third kappa shape index (κ3) is 2.24. The number of rotatable bonds is 1. The van der Waals surface area contributed by atoms with Gasteiger partial charge in [0.25, 0.3) is 6.08 Å². The predicted molar refractivity (Wildman–Crippen MR) is 75.2 cm³/mol. The summed E-state index contributed by atoms with van der Waals surface area (Å²) in [6, 6.07) is 7.43. The van der Waals surface area contributed by atoms with Gasteiger partial charge in [-0.2, -0.15) is 8.78 Å². The molecule has 2 rings (SSSR count). The minimum Gasteiger partial charge on any atom is -0.464 e. The number of benzene rings is 1. The first kappa shape index (κ1) is 12.3. The molecule has 0 radical (unpaired) electrons. The van der Waals surface area contributed by atoms with Gasteiger partial charge in [0.05, 0.1) is 6.26 Å². The SMILES string of the molecule is FC(F)=CC1=COc2ccccc2C1(I)I. The molecule has 0 aliphatic carbocycles. The zero-order valence-electron chi connectivity index (χ0n) is 7.88. The van der Waals surface area contributed by atoms with Crippen molar-refractivity contribution < 1.29 is 13.5 Å². The third-order valence-electron chi connectivity index (χ3n) is 2.17. The van der Waals surface area contributed by atoms with Crippen molar-refractivity contribution in [3.63, 3.8) is 0 Å². The van der Waals surface area contributed by atoms with Crippen molar-refractivity contribution in [3.05, 3.63) is 53.8 Å². The summed E-state index contributed by atoms with van der Waals surface area (Å²) in [5.41, 5.74) is 1.35. The fourth-order valence-corrected chi connectivity index (χ4v) is 2.88. The second-order valence-electron chi connectivity index (χ2n) is 3.20. The molecule has 0 fully saturated rings. The highest BCUT2D eigenvalue weighted by Gasteiger charge is 2.35. The molecule has 0 N–H and O–H groups in total. The predicted octanol–water partition coefficient (Wildman–Crippen LogP) is 4.77. The van der Waals surface area contributed by atoms with E-state index < -0.39 is 7.51 Å². The number of alkyl halides is 2. The maximum atomic E-state index is 12.3. The van der Waals surface area contributed by atoms with Crippen LogP contribution >= 0.6 is 45.2 Å². The van der Waals surface area contributed by atoms with Gasteiger partial charge in [-0.25, -0.2) is 0 Å². The van der Waals surface area contributed by atoms with E-state index >= 15 is 0 Å². The Morgan fingerprint density at radius 1 is 1.25 bits per heavy atom. The van der Waals surface area contributed by atoms with E-state index in [1.165, 1.54) is 6.26 Å². The molecule has 1 aromatic carbocycles. The first-order valence-electron chi connectivity index (χ1n) is 4.39.